The predicted octanol–water partition coefficient (Wildman–Crippen LogP) is 11.4. The molecule has 1 aromatic heterocycles. The molecule has 10 heteroatoms. The van der Waals surface area contributed by atoms with Crippen molar-refractivity contribution in [3.05, 3.63) is 153 Å². The second kappa shape index (κ2) is 17.3. The first kappa shape index (κ1) is 43.9. The molecule has 0 atom stereocenters. The summed E-state index contributed by atoms with van der Waals surface area (Å²) in [6, 6.07) is 22.4. The summed E-state index contributed by atoms with van der Waals surface area (Å²) in [6.07, 6.45) is 11.3. The van der Waals surface area contributed by atoms with Gasteiger partial charge in [0.05, 0.1) is 18.2 Å². The number of hydrogen-bond acceptors (Lipinski definition) is 4. The molecule has 3 aliphatic rings. The summed E-state index contributed by atoms with van der Waals surface area (Å²) in [7, 11) is 0.969. The maximum Gasteiger partial charge on any atom is 0.677 e. The maximum absolute atomic E-state index is 14.6. The Balaban J connectivity index is 1.16. The molecule has 62 heavy (non-hydrogen) atoms. The largest absolute Gasteiger partial charge is 0.677 e. The van der Waals surface area contributed by atoms with Crippen LogP contribution in [0.15, 0.2) is 113 Å². The Morgan fingerprint density at radius 3 is 2.31 bits per heavy atom. The molecule has 4 aromatic rings. The molecule has 0 saturated carbocycles. The number of allylic oxidation sites excluding steroid dienone is 6. The van der Waals surface area contributed by atoms with Crippen molar-refractivity contribution in [2.45, 2.75) is 91.9 Å². The van der Waals surface area contributed by atoms with Crippen LogP contribution in [-0.2, 0) is 15.6 Å². The molecule has 7 rings (SSSR count). The van der Waals surface area contributed by atoms with Crippen molar-refractivity contribution >= 4 is 41.7 Å². The number of rotatable bonds is 12. The summed E-state index contributed by atoms with van der Waals surface area (Å²) < 4.78 is 38.5. The third-order valence-electron chi connectivity index (χ3n) is 12.6. The van der Waals surface area contributed by atoms with Crippen LogP contribution >= 0.6 is 0 Å². The van der Waals surface area contributed by atoms with Crippen molar-refractivity contribution in [3.8, 4) is 17.6 Å². The van der Waals surface area contributed by atoms with Gasteiger partial charge in [0.1, 0.15) is 12.8 Å². The Morgan fingerprint density at radius 2 is 1.63 bits per heavy atom. The van der Waals surface area contributed by atoms with Crippen LogP contribution in [0.1, 0.15) is 112 Å². The van der Waals surface area contributed by atoms with Crippen LogP contribution < -0.4 is 9.64 Å². The Hall–Kier alpha value is -6.21. The van der Waals surface area contributed by atoms with Crippen molar-refractivity contribution in [2.24, 2.45) is 4.99 Å². The number of carboxylic acids is 1. The van der Waals surface area contributed by atoms with E-state index >= 15 is 0 Å². The molecular weight excluding hydrogens is 777 g/mol. The van der Waals surface area contributed by atoms with Crippen LogP contribution in [0.25, 0.3) is 5.57 Å². The highest BCUT2D eigenvalue weighted by molar-refractivity contribution is 6.41. The summed E-state index contributed by atoms with van der Waals surface area (Å²) in [6.45, 7) is 17.3. The fraction of sp³-hybridized carbons (Fsp3) is 0.327. The number of carboxylic acid groups (broad SMARTS) is 1. The maximum atomic E-state index is 14.6. The first-order valence-corrected chi connectivity index (χ1v) is 21.3. The fourth-order valence-corrected chi connectivity index (χ4v) is 9.55. The van der Waals surface area contributed by atoms with Crippen LogP contribution in [0.2, 0.25) is 0 Å². The lowest BCUT2D eigenvalue weighted by Crippen LogP contribution is -2.27. The number of benzene rings is 3. The van der Waals surface area contributed by atoms with Gasteiger partial charge >= 0.3 is 13.4 Å². The zero-order valence-corrected chi connectivity index (χ0v) is 37.6. The number of carbonyl (C=O) groups is 1. The number of para-hydroxylation sites is 1. The molecular formula is C52H56BF2N4O3+. The zero-order valence-electron chi connectivity index (χ0n) is 37.6. The third-order valence-corrected chi connectivity index (χ3v) is 12.6. The molecule has 0 spiro atoms. The molecule has 1 N–H and O–H groups in total. The lowest BCUT2D eigenvalue weighted by Gasteiger charge is -2.27. The van der Waals surface area contributed by atoms with Crippen LogP contribution in [-0.4, -0.2) is 59.7 Å². The molecule has 0 saturated heterocycles. The highest BCUT2D eigenvalue weighted by atomic mass is 19.2. The number of anilines is 1. The van der Waals surface area contributed by atoms with E-state index in [1.54, 1.807) is 20.1 Å². The van der Waals surface area contributed by atoms with Gasteiger partial charge in [-0.3, -0.25) is 18.4 Å². The number of methoxy groups -OCH3 is 1. The number of aliphatic carboxylic acids is 1. The molecule has 0 aliphatic carbocycles. The second-order valence-corrected chi connectivity index (χ2v) is 17.6. The summed E-state index contributed by atoms with van der Waals surface area (Å²) in [4.78, 5) is 18.3. The summed E-state index contributed by atoms with van der Waals surface area (Å²) in [5.41, 5.74) is 13.6. The Morgan fingerprint density at radius 1 is 0.919 bits per heavy atom. The number of aliphatic imine (C=N–C) groups is 1. The number of unbranched alkanes of at least 4 members (excludes halogenated alkanes) is 2. The second-order valence-electron chi connectivity index (χ2n) is 17.6. The number of hydrogen-bond donors (Lipinski definition) is 1. The highest BCUT2D eigenvalue weighted by Gasteiger charge is 2.43. The number of halogens is 2. The number of ether oxygens (including phenoxy) is 1. The fourth-order valence-electron chi connectivity index (χ4n) is 9.55. The monoisotopic (exact) mass is 833 g/mol. The minimum absolute atomic E-state index is 0.192. The van der Waals surface area contributed by atoms with Crippen molar-refractivity contribution in [2.75, 3.05) is 25.6 Å². The van der Waals surface area contributed by atoms with Gasteiger partial charge in [-0.1, -0.05) is 56.4 Å². The van der Waals surface area contributed by atoms with Crippen molar-refractivity contribution < 1.29 is 27.8 Å². The van der Waals surface area contributed by atoms with Gasteiger partial charge in [0.15, 0.2) is 5.71 Å². The SMILES string of the molecule is COc1cc(C#Cc2ccc3c(c2)C(C)(C)C(C=CC=C2N(CCCCCC(=O)O)c4ccccc4C2(C)C)=[N+]3C)ccc1/C(=C1\N=C(C)C=C1C)c1c(C)cc(C)n1B(F)F. The lowest BCUT2D eigenvalue weighted by molar-refractivity contribution is -0.401. The molecule has 0 bridgehead atoms. The van der Waals surface area contributed by atoms with Crippen LogP contribution in [0.3, 0.4) is 0 Å². The predicted molar refractivity (Wildman–Crippen MR) is 250 cm³/mol. The molecule has 0 radical (unpaired) electrons. The third kappa shape index (κ3) is 8.13. The van der Waals surface area contributed by atoms with E-state index in [2.05, 4.69) is 111 Å². The van der Waals surface area contributed by atoms with Crippen LogP contribution in [0.4, 0.5) is 20.0 Å². The van der Waals surface area contributed by atoms with Gasteiger partial charge in [-0.15, -0.1) is 0 Å². The lowest BCUT2D eigenvalue weighted by atomic mass is 9.80. The van der Waals surface area contributed by atoms with Gasteiger partial charge in [-0.25, -0.2) is 0 Å². The summed E-state index contributed by atoms with van der Waals surface area (Å²) in [5, 5.41) is 9.11. The molecule has 318 valence electrons. The first-order valence-electron chi connectivity index (χ1n) is 21.3. The Bertz CT molecular complexity index is 2730. The van der Waals surface area contributed by atoms with E-state index < -0.39 is 13.4 Å². The number of aryl methyl sites for hydroxylation is 2. The van der Waals surface area contributed by atoms with Crippen molar-refractivity contribution in [1.29, 1.82) is 0 Å². The van der Waals surface area contributed by atoms with E-state index in [0.717, 1.165) is 57.5 Å². The molecule has 3 aromatic carbocycles. The molecule has 3 aliphatic heterocycles. The standard InChI is InChI=1S/C52H55BF2N4O3/c1-33-29-35(3)56-49(33)48(50-34(2)30-36(4)59(50)53(54)55)39-26-24-38(32-44(39)62-10)23-22-37-25-27-42-41(31-37)52(7,8)45(57(42)9)19-16-20-46-51(5,6)40-17-13-14-18-43(40)58(46)28-15-11-12-21-47(60)61/h13-14,16-20,24-27,29-32H,11-12,15,21,28H2,1-10H3/p+1/b49-48+. The van der Waals surface area contributed by atoms with Gasteiger partial charge in [0, 0.05) is 86.8 Å². The van der Waals surface area contributed by atoms with Gasteiger partial charge in [0.25, 0.3) is 0 Å². The number of aromatic nitrogens is 1. The smallest absolute Gasteiger partial charge is 0.496 e. The normalized spacial score (nSPS) is 17.5. The zero-order chi connectivity index (χ0) is 44.7. The topological polar surface area (TPSA) is 70.1 Å². The molecule has 7 nitrogen and oxygen atoms in total. The van der Waals surface area contributed by atoms with E-state index in [1.165, 1.54) is 28.2 Å². The molecule has 0 amide bonds. The average molecular weight is 834 g/mol. The van der Waals surface area contributed by atoms with Gasteiger partial charge < -0.3 is 19.2 Å². The number of nitrogens with zero attached hydrogens (tertiary/aromatic N) is 4. The van der Waals surface area contributed by atoms with Crippen molar-refractivity contribution in [1.82, 2.24) is 4.48 Å². The first-order chi connectivity index (χ1) is 29.4. The van der Waals surface area contributed by atoms with Gasteiger partial charge in [-0.2, -0.15) is 4.58 Å². The number of fused-ring (bicyclic) bond motifs is 2. The van der Waals surface area contributed by atoms with E-state index in [4.69, 9.17) is 14.8 Å². The Labute approximate surface area is 365 Å². The average Bonchev–Trinajstić information content (AvgIpc) is 3.85. The van der Waals surface area contributed by atoms with Crippen LogP contribution in [0, 0.1) is 25.7 Å². The van der Waals surface area contributed by atoms with E-state index in [-0.39, 0.29) is 17.3 Å². The molecule has 0 fully saturated rings. The Kier molecular flexibility index (Phi) is 12.2. The molecule has 0 unspecified atom stereocenters. The molecule has 4 heterocycles. The quantitative estimate of drug-likeness (QED) is 0.0668. The van der Waals surface area contributed by atoms with Gasteiger partial charge in [0.2, 0.25) is 5.69 Å². The van der Waals surface area contributed by atoms with Crippen LogP contribution in [0.5, 0.6) is 5.75 Å². The minimum atomic E-state index is -2.73. The van der Waals surface area contributed by atoms with Gasteiger partial charge in [-0.05, 0) is 126 Å². The van der Waals surface area contributed by atoms with E-state index in [1.807, 2.05) is 51.1 Å². The minimum Gasteiger partial charge on any atom is -0.496 e. The van der Waals surface area contributed by atoms with Crippen molar-refractivity contribution in [3.63, 3.8) is 0 Å². The summed E-state index contributed by atoms with van der Waals surface area (Å²) in [5.74, 6) is 6.50. The van der Waals surface area contributed by atoms with E-state index in [9.17, 15) is 13.4 Å². The van der Waals surface area contributed by atoms with E-state index in [0.29, 0.717) is 40.4 Å². The highest BCUT2D eigenvalue weighted by Crippen LogP contribution is 2.48. The summed E-state index contributed by atoms with van der Waals surface area (Å²) >= 11 is 0.